The maximum Gasteiger partial charge on any atom is 0.224 e. The van der Waals surface area contributed by atoms with Gasteiger partial charge in [0.05, 0.1) is 29.9 Å². The molecule has 0 saturated carbocycles. The lowest BCUT2D eigenvalue weighted by Gasteiger charge is -2.19. The van der Waals surface area contributed by atoms with Gasteiger partial charge >= 0.3 is 0 Å². The molecule has 3 heterocycles. The number of aryl methyl sites for hydroxylation is 2. The molecule has 1 fully saturated rings. The molecular weight excluding hydrogens is 318 g/mol. The Balaban J connectivity index is 1.45. The van der Waals surface area contributed by atoms with Crippen molar-refractivity contribution in [2.24, 2.45) is 7.05 Å². The normalized spacial score (nSPS) is 20.2. The van der Waals surface area contributed by atoms with Gasteiger partial charge in [0.25, 0.3) is 0 Å². The van der Waals surface area contributed by atoms with Gasteiger partial charge in [-0.1, -0.05) is 6.07 Å². The standard InChI is InChI=1S/C18H21N5O2/c1-11-14(10-23(2)22-11)18-16(5-6-25-18)20-17(24)8-12-3-4-15-13(7-12)9-19-21-15/h3-4,7,9-10,16,18H,5-6,8H2,1-2H3,(H,19,21)(H,20,24)/t16-,18+/m0/s1. The van der Waals surface area contributed by atoms with Crippen molar-refractivity contribution < 1.29 is 9.53 Å². The summed E-state index contributed by atoms with van der Waals surface area (Å²) in [5, 5.41) is 15.4. The molecule has 1 aliphatic rings. The van der Waals surface area contributed by atoms with Crippen LogP contribution < -0.4 is 5.32 Å². The Bertz CT molecular complexity index is 913. The van der Waals surface area contributed by atoms with E-state index in [-0.39, 0.29) is 18.1 Å². The van der Waals surface area contributed by atoms with E-state index in [0.717, 1.165) is 34.1 Å². The molecule has 25 heavy (non-hydrogen) atoms. The molecule has 7 heteroatoms. The maximum atomic E-state index is 12.5. The summed E-state index contributed by atoms with van der Waals surface area (Å²) in [5.74, 6) is 0.00453. The van der Waals surface area contributed by atoms with Crippen molar-refractivity contribution in [1.82, 2.24) is 25.3 Å². The van der Waals surface area contributed by atoms with E-state index in [9.17, 15) is 4.79 Å². The molecule has 1 saturated heterocycles. The van der Waals surface area contributed by atoms with Crippen molar-refractivity contribution in [2.45, 2.75) is 31.9 Å². The van der Waals surface area contributed by atoms with Crippen LogP contribution >= 0.6 is 0 Å². The number of nitrogens with one attached hydrogen (secondary N) is 2. The first-order valence-electron chi connectivity index (χ1n) is 8.43. The molecule has 2 atom stereocenters. The summed E-state index contributed by atoms with van der Waals surface area (Å²) in [4.78, 5) is 12.5. The van der Waals surface area contributed by atoms with Crippen molar-refractivity contribution >= 4 is 16.8 Å². The number of carbonyl (C=O) groups excluding carboxylic acids is 1. The molecule has 0 unspecified atom stereocenters. The number of rotatable bonds is 4. The smallest absolute Gasteiger partial charge is 0.224 e. The number of H-pyrrole nitrogens is 1. The summed E-state index contributed by atoms with van der Waals surface area (Å²) >= 11 is 0. The first-order chi connectivity index (χ1) is 12.1. The summed E-state index contributed by atoms with van der Waals surface area (Å²) in [6.07, 6.45) is 4.76. The Morgan fingerprint density at radius 2 is 2.36 bits per heavy atom. The monoisotopic (exact) mass is 339 g/mol. The van der Waals surface area contributed by atoms with E-state index in [4.69, 9.17) is 4.74 Å². The highest BCUT2D eigenvalue weighted by molar-refractivity contribution is 5.83. The van der Waals surface area contributed by atoms with Gasteiger partial charge in [-0.15, -0.1) is 0 Å². The van der Waals surface area contributed by atoms with Gasteiger partial charge in [-0.05, 0) is 31.0 Å². The number of aromatic nitrogens is 4. The average molecular weight is 339 g/mol. The number of benzene rings is 1. The maximum absolute atomic E-state index is 12.5. The Kier molecular flexibility index (Phi) is 4.01. The third-order valence-corrected chi connectivity index (χ3v) is 4.67. The minimum atomic E-state index is -0.131. The first kappa shape index (κ1) is 15.8. The van der Waals surface area contributed by atoms with E-state index in [1.807, 2.05) is 38.4 Å². The van der Waals surface area contributed by atoms with Gasteiger partial charge in [0.1, 0.15) is 6.10 Å². The molecule has 0 spiro atoms. The third-order valence-electron chi connectivity index (χ3n) is 4.67. The zero-order chi connectivity index (χ0) is 17.4. The van der Waals surface area contributed by atoms with E-state index >= 15 is 0 Å². The minimum absolute atomic E-state index is 0.00453. The average Bonchev–Trinajstić information content (AvgIpc) is 3.27. The fraction of sp³-hybridized carbons (Fsp3) is 0.389. The molecule has 2 aromatic heterocycles. The first-order valence-corrected chi connectivity index (χ1v) is 8.43. The summed E-state index contributed by atoms with van der Waals surface area (Å²) in [6.45, 7) is 2.61. The molecule has 0 aliphatic carbocycles. The molecule has 2 N–H and O–H groups in total. The third kappa shape index (κ3) is 3.15. The highest BCUT2D eigenvalue weighted by atomic mass is 16.5. The van der Waals surface area contributed by atoms with Crippen LogP contribution in [0.1, 0.15) is 29.3 Å². The molecule has 1 aromatic carbocycles. The predicted octanol–water partition coefficient (Wildman–Crippen LogP) is 1.79. The van der Waals surface area contributed by atoms with E-state index in [1.54, 1.807) is 10.9 Å². The van der Waals surface area contributed by atoms with Crippen molar-refractivity contribution in [2.75, 3.05) is 6.61 Å². The Morgan fingerprint density at radius 3 is 3.16 bits per heavy atom. The molecular formula is C18H21N5O2. The van der Waals surface area contributed by atoms with Crippen molar-refractivity contribution in [3.05, 3.63) is 47.4 Å². The Hall–Kier alpha value is -2.67. The zero-order valence-electron chi connectivity index (χ0n) is 14.3. The number of amides is 1. The molecule has 0 bridgehead atoms. The Labute approximate surface area is 145 Å². The van der Waals surface area contributed by atoms with Gasteiger partial charge in [0, 0.05) is 30.8 Å². The molecule has 4 rings (SSSR count). The SMILES string of the molecule is Cc1nn(C)cc1[C@H]1OCC[C@@H]1NC(=O)Cc1ccc2[nH]ncc2c1. The van der Waals surface area contributed by atoms with Gasteiger partial charge in [-0.25, -0.2) is 0 Å². The molecule has 1 aliphatic heterocycles. The van der Waals surface area contributed by atoms with Gasteiger partial charge in [-0.2, -0.15) is 10.2 Å². The van der Waals surface area contributed by atoms with E-state index in [0.29, 0.717) is 13.0 Å². The number of carbonyl (C=O) groups is 1. The summed E-state index contributed by atoms with van der Waals surface area (Å²) in [6, 6.07) is 5.87. The Morgan fingerprint density at radius 1 is 1.48 bits per heavy atom. The van der Waals surface area contributed by atoms with Crippen LogP contribution in [0, 0.1) is 6.92 Å². The zero-order valence-corrected chi connectivity index (χ0v) is 14.3. The van der Waals surface area contributed by atoms with Gasteiger partial charge in [0.2, 0.25) is 5.91 Å². The lowest BCUT2D eigenvalue weighted by Crippen LogP contribution is -2.37. The van der Waals surface area contributed by atoms with Crippen LogP contribution in [-0.4, -0.2) is 38.5 Å². The number of hydrogen-bond donors (Lipinski definition) is 2. The van der Waals surface area contributed by atoms with Crippen molar-refractivity contribution in [1.29, 1.82) is 0 Å². The van der Waals surface area contributed by atoms with Crippen LogP contribution in [-0.2, 0) is 23.0 Å². The van der Waals surface area contributed by atoms with Gasteiger partial charge < -0.3 is 10.1 Å². The molecule has 130 valence electrons. The van der Waals surface area contributed by atoms with Crippen LogP contribution in [0.5, 0.6) is 0 Å². The topological polar surface area (TPSA) is 84.8 Å². The van der Waals surface area contributed by atoms with E-state index < -0.39 is 0 Å². The molecule has 7 nitrogen and oxygen atoms in total. The summed E-state index contributed by atoms with van der Waals surface area (Å²) < 4.78 is 7.65. The van der Waals surface area contributed by atoms with Crippen LogP contribution in [0.4, 0.5) is 0 Å². The number of nitrogens with zero attached hydrogens (tertiary/aromatic N) is 3. The van der Waals surface area contributed by atoms with E-state index in [1.165, 1.54) is 0 Å². The molecule has 0 radical (unpaired) electrons. The van der Waals surface area contributed by atoms with Crippen LogP contribution in [0.25, 0.3) is 10.9 Å². The summed E-state index contributed by atoms with van der Waals surface area (Å²) in [5.41, 5.74) is 3.93. The number of ether oxygens (including phenoxy) is 1. The largest absolute Gasteiger partial charge is 0.371 e. The lowest BCUT2D eigenvalue weighted by molar-refractivity contribution is -0.121. The van der Waals surface area contributed by atoms with Crippen LogP contribution in [0.3, 0.4) is 0 Å². The fourth-order valence-electron chi connectivity index (χ4n) is 3.49. The highest BCUT2D eigenvalue weighted by Gasteiger charge is 2.33. The molecule has 3 aromatic rings. The number of aromatic amines is 1. The van der Waals surface area contributed by atoms with Gasteiger partial charge in [-0.3, -0.25) is 14.6 Å². The van der Waals surface area contributed by atoms with Crippen molar-refractivity contribution in [3.63, 3.8) is 0 Å². The second kappa shape index (κ2) is 6.33. The summed E-state index contributed by atoms with van der Waals surface area (Å²) in [7, 11) is 1.89. The lowest BCUT2D eigenvalue weighted by atomic mass is 10.0. The fourth-order valence-corrected chi connectivity index (χ4v) is 3.49. The number of fused-ring (bicyclic) bond motifs is 1. The molecule has 1 amide bonds. The number of hydrogen-bond acceptors (Lipinski definition) is 4. The second-order valence-electron chi connectivity index (χ2n) is 6.57. The van der Waals surface area contributed by atoms with Gasteiger partial charge in [0.15, 0.2) is 0 Å². The van der Waals surface area contributed by atoms with Crippen LogP contribution in [0.2, 0.25) is 0 Å². The predicted molar refractivity (Wildman–Crippen MR) is 93.0 cm³/mol. The van der Waals surface area contributed by atoms with Crippen molar-refractivity contribution in [3.8, 4) is 0 Å². The highest BCUT2D eigenvalue weighted by Crippen LogP contribution is 2.30. The van der Waals surface area contributed by atoms with E-state index in [2.05, 4.69) is 20.6 Å². The minimum Gasteiger partial charge on any atom is -0.371 e. The quantitative estimate of drug-likeness (QED) is 0.759. The second-order valence-corrected chi connectivity index (χ2v) is 6.57. The van der Waals surface area contributed by atoms with Crippen LogP contribution in [0.15, 0.2) is 30.6 Å².